The molecule has 3 aliphatic carbocycles. The van der Waals surface area contributed by atoms with E-state index >= 15 is 0 Å². The topological polar surface area (TPSA) is 72.7 Å². The Kier molecular flexibility index (Phi) is 4.87. The molecule has 0 spiro atoms. The van der Waals surface area contributed by atoms with Crippen molar-refractivity contribution in [2.24, 2.45) is 0 Å². The molecule has 0 bridgehead atoms. The van der Waals surface area contributed by atoms with Crippen LogP contribution in [0.4, 0.5) is 5.82 Å². The van der Waals surface area contributed by atoms with E-state index in [4.69, 9.17) is 5.10 Å². The van der Waals surface area contributed by atoms with Crippen LogP contribution in [0.3, 0.4) is 0 Å². The maximum Gasteiger partial charge on any atom is 0.267 e. The van der Waals surface area contributed by atoms with Gasteiger partial charge in [-0.15, -0.1) is 0 Å². The number of anilines is 1. The first-order valence-corrected chi connectivity index (χ1v) is 11.0. The highest BCUT2D eigenvalue weighted by Crippen LogP contribution is 2.31. The van der Waals surface area contributed by atoms with Gasteiger partial charge in [-0.25, -0.2) is 14.6 Å². The van der Waals surface area contributed by atoms with Gasteiger partial charge in [0.2, 0.25) is 0 Å². The van der Waals surface area contributed by atoms with Gasteiger partial charge in [0.15, 0.2) is 0 Å². The summed E-state index contributed by atoms with van der Waals surface area (Å²) in [4.78, 5) is 21.6. The second-order valence-electron chi connectivity index (χ2n) is 8.61. The minimum absolute atomic E-state index is 0.0851. The molecule has 6 heteroatoms. The Morgan fingerprint density at radius 1 is 0.893 bits per heavy atom. The van der Waals surface area contributed by atoms with Crippen molar-refractivity contribution in [1.29, 1.82) is 0 Å². The number of hydrogen-bond donors (Lipinski definition) is 1. The van der Waals surface area contributed by atoms with E-state index in [2.05, 4.69) is 15.3 Å². The molecular weight excluding hydrogens is 350 g/mol. The average molecular weight is 380 g/mol. The van der Waals surface area contributed by atoms with Crippen molar-refractivity contribution in [3.8, 4) is 0 Å². The average Bonchev–Trinajstić information content (AvgIpc) is 2.74. The van der Waals surface area contributed by atoms with Crippen LogP contribution in [-0.4, -0.2) is 25.8 Å². The first-order chi connectivity index (χ1) is 13.8. The van der Waals surface area contributed by atoms with Gasteiger partial charge in [0.1, 0.15) is 12.1 Å². The second-order valence-corrected chi connectivity index (χ2v) is 8.61. The quantitative estimate of drug-likeness (QED) is 0.885. The number of nitrogens with one attached hydrogen (secondary N) is 1. The van der Waals surface area contributed by atoms with Crippen LogP contribution in [0.5, 0.6) is 0 Å². The summed E-state index contributed by atoms with van der Waals surface area (Å²) in [6, 6.07) is 2.50. The lowest BCUT2D eigenvalue weighted by Crippen LogP contribution is -2.35. The Morgan fingerprint density at radius 2 is 1.64 bits per heavy atom. The van der Waals surface area contributed by atoms with E-state index in [1.165, 1.54) is 42.5 Å². The lowest BCUT2D eigenvalue weighted by atomic mass is 9.90. The fraction of sp³-hybridized carbons (Fsp3) is 0.636. The van der Waals surface area contributed by atoms with E-state index in [0.717, 1.165) is 62.9 Å². The molecule has 0 aromatic carbocycles. The van der Waals surface area contributed by atoms with Gasteiger partial charge in [-0.3, -0.25) is 4.79 Å². The van der Waals surface area contributed by atoms with Crippen LogP contribution in [0, 0.1) is 0 Å². The molecule has 0 radical (unpaired) electrons. The van der Waals surface area contributed by atoms with Crippen molar-refractivity contribution >= 4 is 5.82 Å². The molecule has 2 aromatic heterocycles. The molecule has 5 rings (SSSR count). The monoisotopic (exact) mass is 379 g/mol. The van der Waals surface area contributed by atoms with Crippen molar-refractivity contribution in [2.45, 2.75) is 89.1 Å². The molecule has 2 heterocycles. The molecule has 1 saturated carbocycles. The minimum Gasteiger partial charge on any atom is -0.367 e. The predicted molar refractivity (Wildman–Crippen MR) is 109 cm³/mol. The molecule has 28 heavy (non-hydrogen) atoms. The molecule has 2 aromatic rings. The molecule has 0 amide bonds. The Bertz CT molecular complexity index is 914. The van der Waals surface area contributed by atoms with Gasteiger partial charge in [-0.1, -0.05) is 0 Å². The van der Waals surface area contributed by atoms with Gasteiger partial charge in [-0.05, 0) is 82.6 Å². The second kappa shape index (κ2) is 7.64. The van der Waals surface area contributed by atoms with Crippen LogP contribution >= 0.6 is 0 Å². The third kappa shape index (κ3) is 3.45. The highest BCUT2D eigenvalue weighted by Gasteiger charge is 2.26. The first-order valence-electron chi connectivity index (χ1n) is 11.0. The molecular formula is C22H29N5O. The van der Waals surface area contributed by atoms with Crippen LogP contribution in [0.25, 0.3) is 0 Å². The van der Waals surface area contributed by atoms with Crippen LogP contribution < -0.4 is 10.9 Å². The van der Waals surface area contributed by atoms with E-state index in [9.17, 15) is 4.79 Å². The van der Waals surface area contributed by atoms with Gasteiger partial charge in [0.25, 0.3) is 5.56 Å². The van der Waals surface area contributed by atoms with Crippen molar-refractivity contribution in [1.82, 2.24) is 19.7 Å². The molecule has 3 aliphatic rings. The lowest BCUT2D eigenvalue weighted by Gasteiger charge is -2.31. The zero-order chi connectivity index (χ0) is 18.9. The summed E-state index contributed by atoms with van der Waals surface area (Å²) in [5.74, 6) is 1.04. The Labute approximate surface area is 165 Å². The van der Waals surface area contributed by atoms with Crippen LogP contribution in [0.2, 0.25) is 0 Å². The number of hydrogen-bond acceptors (Lipinski definition) is 5. The number of aryl methyl sites for hydroxylation is 3. The summed E-state index contributed by atoms with van der Waals surface area (Å²) >= 11 is 0. The Hall–Kier alpha value is -2.24. The van der Waals surface area contributed by atoms with Gasteiger partial charge >= 0.3 is 0 Å². The minimum atomic E-state index is 0.0851. The fourth-order valence-electron chi connectivity index (χ4n) is 5.14. The van der Waals surface area contributed by atoms with E-state index in [0.29, 0.717) is 6.04 Å². The Balaban J connectivity index is 1.27. The number of nitrogens with zero attached hydrogens (tertiary/aromatic N) is 4. The smallest absolute Gasteiger partial charge is 0.267 e. The zero-order valence-electron chi connectivity index (χ0n) is 16.5. The van der Waals surface area contributed by atoms with Gasteiger partial charge in [0.05, 0.1) is 11.7 Å². The van der Waals surface area contributed by atoms with E-state index in [1.54, 1.807) is 11.0 Å². The van der Waals surface area contributed by atoms with Gasteiger partial charge in [0, 0.05) is 23.4 Å². The normalized spacial score (nSPS) is 24.3. The molecule has 6 nitrogen and oxygen atoms in total. The number of fused-ring (bicyclic) bond motifs is 2. The zero-order valence-corrected chi connectivity index (χ0v) is 16.5. The van der Waals surface area contributed by atoms with Gasteiger partial charge in [-0.2, -0.15) is 5.10 Å². The maximum absolute atomic E-state index is 12.6. The van der Waals surface area contributed by atoms with Crippen LogP contribution in [-0.2, 0) is 25.7 Å². The summed E-state index contributed by atoms with van der Waals surface area (Å²) in [5.41, 5.74) is 4.96. The standard InChI is InChI=1S/C22H29N5O/c28-21-13-15-5-1-3-7-19(15)26-27(21)17-11-9-16(10-12-17)25-22-18-6-2-4-8-20(18)23-14-24-22/h13-14,16-17H,1-12H2,(H,23,24,25). The van der Waals surface area contributed by atoms with E-state index in [1.807, 2.05) is 6.07 Å². The summed E-state index contributed by atoms with van der Waals surface area (Å²) < 4.78 is 1.78. The van der Waals surface area contributed by atoms with Crippen molar-refractivity contribution in [2.75, 3.05) is 5.32 Å². The summed E-state index contributed by atoms with van der Waals surface area (Å²) in [6.07, 6.45) is 14.8. The lowest BCUT2D eigenvalue weighted by molar-refractivity contribution is 0.300. The number of aromatic nitrogens is 4. The third-order valence-corrected chi connectivity index (χ3v) is 6.74. The number of rotatable bonds is 3. The summed E-state index contributed by atoms with van der Waals surface area (Å²) in [5, 5.41) is 8.45. The molecule has 1 N–H and O–H groups in total. The Morgan fingerprint density at radius 3 is 2.50 bits per heavy atom. The molecule has 0 atom stereocenters. The molecule has 0 saturated heterocycles. The van der Waals surface area contributed by atoms with Crippen LogP contribution in [0.15, 0.2) is 17.2 Å². The summed E-state index contributed by atoms with van der Waals surface area (Å²) in [6.45, 7) is 0. The van der Waals surface area contributed by atoms with E-state index < -0.39 is 0 Å². The summed E-state index contributed by atoms with van der Waals surface area (Å²) in [7, 11) is 0. The predicted octanol–water partition coefficient (Wildman–Crippen LogP) is 3.39. The first kappa shape index (κ1) is 17.8. The third-order valence-electron chi connectivity index (χ3n) is 6.74. The SMILES string of the molecule is O=c1cc2c(nn1C1CCC(Nc3ncnc4c3CCCC4)CC1)CCCC2. The molecule has 1 fully saturated rings. The largest absolute Gasteiger partial charge is 0.367 e. The van der Waals surface area contributed by atoms with E-state index in [-0.39, 0.29) is 11.6 Å². The van der Waals surface area contributed by atoms with Crippen LogP contribution in [0.1, 0.15) is 79.9 Å². The fourth-order valence-corrected chi connectivity index (χ4v) is 5.14. The van der Waals surface area contributed by atoms with Gasteiger partial charge < -0.3 is 5.32 Å². The molecule has 0 aliphatic heterocycles. The molecule has 148 valence electrons. The molecule has 0 unspecified atom stereocenters. The highest BCUT2D eigenvalue weighted by molar-refractivity contribution is 5.47. The highest BCUT2D eigenvalue weighted by atomic mass is 16.1. The van der Waals surface area contributed by atoms with Crippen molar-refractivity contribution in [3.05, 3.63) is 45.3 Å². The van der Waals surface area contributed by atoms with Crippen molar-refractivity contribution < 1.29 is 0 Å². The maximum atomic E-state index is 12.6. The van der Waals surface area contributed by atoms with Crippen molar-refractivity contribution in [3.63, 3.8) is 0 Å².